The van der Waals surface area contributed by atoms with Gasteiger partial charge in [0, 0.05) is 17.0 Å². The molecule has 0 spiro atoms. The Morgan fingerprint density at radius 3 is 2.72 bits per heavy atom. The van der Waals surface area contributed by atoms with Gasteiger partial charge in [0.1, 0.15) is 17.4 Å². The Bertz CT molecular complexity index is 943. The first-order valence-electron chi connectivity index (χ1n) is 8.00. The number of aryl methyl sites for hydroxylation is 1. The summed E-state index contributed by atoms with van der Waals surface area (Å²) in [6, 6.07) is 14.6. The predicted octanol–water partition coefficient (Wildman–Crippen LogP) is 4.83. The monoisotopic (exact) mass is 352 g/mol. The van der Waals surface area contributed by atoms with Crippen LogP contribution in [0, 0.1) is 24.1 Å². The molecule has 0 aliphatic rings. The average molecular weight is 352 g/mol. The van der Waals surface area contributed by atoms with E-state index < -0.39 is 5.82 Å². The van der Waals surface area contributed by atoms with Crippen LogP contribution in [-0.4, -0.2) is 14.8 Å². The summed E-state index contributed by atoms with van der Waals surface area (Å²) in [6.07, 6.45) is 0.915. The van der Waals surface area contributed by atoms with Gasteiger partial charge >= 0.3 is 0 Å². The molecule has 0 amide bonds. The lowest BCUT2D eigenvalue weighted by Crippen LogP contribution is -2.02. The summed E-state index contributed by atoms with van der Waals surface area (Å²) < 4.78 is 15.9. The van der Waals surface area contributed by atoms with Crippen LogP contribution in [0.1, 0.15) is 24.5 Å². The van der Waals surface area contributed by atoms with Crippen molar-refractivity contribution in [3.8, 4) is 17.5 Å². The van der Waals surface area contributed by atoms with Gasteiger partial charge in [-0.3, -0.25) is 0 Å². The SMILES string of the molecule is CCCn1c(Sc2cccc(F)c2C#N)nnc1-c1cccc(C)c1. The molecule has 0 unspecified atom stereocenters. The number of rotatable bonds is 5. The quantitative estimate of drug-likeness (QED) is 0.660. The number of hydrogen-bond donors (Lipinski definition) is 0. The second-order valence-electron chi connectivity index (χ2n) is 5.65. The van der Waals surface area contributed by atoms with Gasteiger partial charge in [-0.1, -0.05) is 36.8 Å². The molecule has 3 rings (SSSR count). The standard InChI is InChI=1S/C19H17FN4S/c1-3-10-24-18(14-7-4-6-13(2)11-14)22-23-19(24)25-17-9-5-8-16(20)15(17)12-21/h4-9,11H,3,10H2,1-2H3. The summed E-state index contributed by atoms with van der Waals surface area (Å²) in [5.41, 5.74) is 2.18. The summed E-state index contributed by atoms with van der Waals surface area (Å²) >= 11 is 1.27. The summed E-state index contributed by atoms with van der Waals surface area (Å²) in [7, 11) is 0. The van der Waals surface area contributed by atoms with Crippen molar-refractivity contribution in [3.63, 3.8) is 0 Å². The third-order valence-corrected chi connectivity index (χ3v) is 4.77. The second-order valence-corrected chi connectivity index (χ2v) is 6.66. The van der Waals surface area contributed by atoms with Crippen LogP contribution >= 0.6 is 11.8 Å². The number of halogens is 1. The highest BCUT2D eigenvalue weighted by Crippen LogP contribution is 2.32. The fourth-order valence-corrected chi connectivity index (χ4v) is 3.54. The fraction of sp³-hybridized carbons (Fsp3) is 0.211. The molecule has 0 N–H and O–H groups in total. The van der Waals surface area contributed by atoms with Crippen molar-refractivity contribution in [3.05, 3.63) is 59.4 Å². The molecular weight excluding hydrogens is 335 g/mol. The lowest BCUT2D eigenvalue weighted by atomic mass is 10.1. The Hall–Kier alpha value is -2.65. The van der Waals surface area contributed by atoms with E-state index in [0.29, 0.717) is 10.1 Å². The largest absolute Gasteiger partial charge is 0.302 e. The molecule has 0 bridgehead atoms. The molecule has 0 atom stereocenters. The normalized spacial score (nSPS) is 10.6. The number of nitrogens with zero attached hydrogens (tertiary/aromatic N) is 4. The van der Waals surface area contributed by atoms with Gasteiger partial charge in [-0.15, -0.1) is 10.2 Å². The molecule has 0 aliphatic carbocycles. The van der Waals surface area contributed by atoms with Gasteiger partial charge in [0.25, 0.3) is 0 Å². The summed E-state index contributed by atoms with van der Waals surface area (Å²) in [5, 5.41) is 18.5. The highest BCUT2D eigenvalue weighted by atomic mass is 32.2. The van der Waals surface area contributed by atoms with Crippen LogP contribution in [0.2, 0.25) is 0 Å². The molecule has 25 heavy (non-hydrogen) atoms. The van der Waals surface area contributed by atoms with Crippen LogP contribution in [0.4, 0.5) is 4.39 Å². The van der Waals surface area contributed by atoms with Crippen LogP contribution in [0.5, 0.6) is 0 Å². The Balaban J connectivity index is 2.04. The van der Waals surface area contributed by atoms with Gasteiger partial charge in [-0.05, 0) is 43.3 Å². The van der Waals surface area contributed by atoms with Crippen molar-refractivity contribution in [2.24, 2.45) is 0 Å². The molecule has 126 valence electrons. The van der Waals surface area contributed by atoms with E-state index in [1.165, 1.54) is 17.8 Å². The minimum Gasteiger partial charge on any atom is -0.302 e. The Kier molecular flexibility index (Phi) is 5.15. The van der Waals surface area contributed by atoms with Gasteiger partial charge in [-0.25, -0.2) is 4.39 Å². The van der Waals surface area contributed by atoms with Gasteiger partial charge in [0.05, 0.1) is 0 Å². The zero-order chi connectivity index (χ0) is 17.8. The van der Waals surface area contributed by atoms with Crippen molar-refractivity contribution in [1.82, 2.24) is 14.8 Å². The third kappa shape index (κ3) is 3.57. The predicted molar refractivity (Wildman–Crippen MR) is 95.7 cm³/mol. The lowest BCUT2D eigenvalue weighted by molar-refractivity contribution is 0.618. The molecule has 0 radical (unpaired) electrons. The Labute approximate surface area is 150 Å². The van der Waals surface area contributed by atoms with Crippen molar-refractivity contribution < 1.29 is 4.39 Å². The van der Waals surface area contributed by atoms with Crippen molar-refractivity contribution in [1.29, 1.82) is 5.26 Å². The maximum atomic E-state index is 13.8. The highest BCUT2D eigenvalue weighted by molar-refractivity contribution is 7.99. The number of hydrogen-bond acceptors (Lipinski definition) is 4. The average Bonchev–Trinajstić information content (AvgIpc) is 2.98. The fourth-order valence-electron chi connectivity index (χ4n) is 2.58. The summed E-state index contributed by atoms with van der Waals surface area (Å²) in [5.74, 6) is 0.260. The van der Waals surface area contributed by atoms with Crippen LogP contribution in [0.3, 0.4) is 0 Å². The zero-order valence-corrected chi connectivity index (χ0v) is 14.8. The maximum Gasteiger partial charge on any atom is 0.196 e. The molecular formula is C19H17FN4S. The topological polar surface area (TPSA) is 54.5 Å². The lowest BCUT2D eigenvalue weighted by Gasteiger charge is -2.10. The van der Waals surface area contributed by atoms with Crippen LogP contribution < -0.4 is 0 Å². The molecule has 1 aromatic heterocycles. The van der Waals surface area contributed by atoms with E-state index in [1.807, 2.05) is 35.8 Å². The van der Waals surface area contributed by atoms with Crippen LogP contribution in [-0.2, 0) is 6.54 Å². The molecule has 4 nitrogen and oxygen atoms in total. The van der Waals surface area contributed by atoms with E-state index >= 15 is 0 Å². The Morgan fingerprint density at radius 1 is 1.20 bits per heavy atom. The van der Waals surface area contributed by atoms with Crippen molar-refractivity contribution in [2.45, 2.75) is 36.9 Å². The molecule has 0 aliphatic heterocycles. The zero-order valence-electron chi connectivity index (χ0n) is 14.0. The number of nitriles is 1. The maximum absolute atomic E-state index is 13.8. The third-order valence-electron chi connectivity index (χ3n) is 3.73. The molecule has 3 aromatic rings. The van der Waals surface area contributed by atoms with E-state index in [9.17, 15) is 9.65 Å². The first-order valence-corrected chi connectivity index (χ1v) is 8.82. The minimum absolute atomic E-state index is 0.0376. The smallest absolute Gasteiger partial charge is 0.196 e. The molecule has 0 saturated heterocycles. The van der Waals surface area contributed by atoms with Gasteiger partial charge in [-0.2, -0.15) is 5.26 Å². The summed E-state index contributed by atoms with van der Waals surface area (Å²) in [4.78, 5) is 0.544. The van der Waals surface area contributed by atoms with Gasteiger partial charge in [0.2, 0.25) is 0 Å². The number of benzene rings is 2. The van der Waals surface area contributed by atoms with Crippen LogP contribution in [0.25, 0.3) is 11.4 Å². The first-order chi connectivity index (χ1) is 12.1. The molecule has 1 heterocycles. The van der Waals surface area contributed by atoms with E-state index in [4.69, 9.17) is 0 Å². The summed E-state index contributed by atoms with van der Waals surface area (Å²) in [6.45, 7) is 4.86. The second kappa shape index (κ2) is 7.49. The first kappa shape index (κ1) is 17.2. The highest BCUT2D eigenvalue weighted by Gasteiger charge is 2.17. The van der Waals surface area contributed by atoms with E-state index in [2.05, 4.69) is 23.2 Å². The van der Waals surface area contributed by atoms with Gasteiger partial charge < -0.3 is 4.57 Å². The van der Waals surface area contributed by atoms with E-state index in [-0.39, 0.29) is 5.56 Å². The number of aromatic nitrogens is 3. The van der Waals surface area contributed by atoms with E-state index in [1.54, 1.807) is 12.1 Å². The van der Waals surface area contributed by atoms with Crippen molar-refractivity contribution >= 4 is 11.8 Å². The molecule has 6 heteroatoms. The molecule has 0 saturated carbocycles. The van der Waals surface area contributed by atoms with Crippen LogP contribution in [0.15, 0.2) is 52.5 Å². The van der Waals surface area contributed by atoms with E-state index in [0.717, 1.165) is 29.9 Å². The van der Waals surface area contributed by atoms with Crippen molar-refractivity contribution in [2.75, 3.05) is 0 Å². The van der Waals surface area contributed by atoms with Gasteiger partial charge in [0.15, 0.2) is 11.0 Å². The Morgan fingerprint density at radius 2 is 2.00 bits per heavy atom. The minimum atomic E-state index is -0.520. The molecule has 2 aromatic carbocycles. The molecule has 0 fully saturated rings.